The molecule has 22 heavy (non-hydrogen) atoms. The normalized spacial score (nSPS) is 12.2. The first-order chi connectivity index (χ1) is 10.4. The summed E-state index contributed by atoms with van der Waals surface area (Å²) < 4.78 is 21.9. The van der Waals surface area contributed by atoms with Crippen molar-refractivity contribution >= 4 is 16.0 Å². The molecule has 7 heteroatoms. The molecule has 124 valence electrons. The van der Waals surface area contributed by atoms with Crippen molar-refractivity contribution in [1.29, 1.82) is 0 Å². The van der Waals surface area contributed by atoms with Crippen LogP contribution >= 0.6 is 0 Å². The van der Waals surface area contributed by atoms with Gasteiger partial charge in [0.2, 0.25) is 10.0 Å². The SMILES string of the molecule is CCCCNC(=NCc1ccc(C)cc1)NCCS(N)(=O)=O. The molecular formula is C15H26N4O2S. The Balaban J connectivity index is 2.58. The van der Waals surface area contributed by atoms with Gasteiger partial charge in [-0.3, -0.25) is 0 Å². The van der Waals surface area contributed by atoms with Crippen molar-refractivity contribution in [3.05, 3.63) is 35.4 Å². The van der Waals surface area contributed by atoms with E-state index in [0.29, 0.717) is 12.5 Å². The molecule has 0 aliphatic carbocycles. The fourth-order valence-corrected chi connectivity index (χ4v) is 2.12. The van der Waals surface area contributed by atoms with E-state index < -0.39 is 10.0 Å². The summed E-state index contributed by atoms with van der Waals surface area (Å²) in [5.41, 5.74) is 2.31. The fraction of sp³-hybridized carbons (Fsp3) is 0.533. The van der Waals surface area contributed by atoms with Crippen LogP contribution in [0.1, 0.15) is 30.9 Å². The van der Waals surface area contributed by atoms with E-state index in [2.05, 4.69) is 22.5 Å². The van der Waals surface area contributed by atoms with Crippen molar-refractivity contribution in [2.75, 3.05) is 18.8 Å². The minimum Gasteiger partial charge on any atom is -0.356 e. The Labute approximate surface area is 133 Å². The maximum absolute atomic E-state index is 11.0. The number of nitrogens with one attached hydrogen (secondary N) is 2. The summed E-state index contributed by atoms with van der Waals surface area (Å²) in [5, 5.41) is 11.2. The standard InChI is InChI=1S/C15H26N4O2S/c1-3-4-9-17-15(18-10-11-22(16,20)21)19-12-14-7-5-13(2)6-8-14/h5-8H,3-4,9-12H2,1-2H3,(H2,16,20,21)(H2,17,18,19). The Kier molecular flexibility index (Phi) is 7.90. The summed E-state index contributed by atoms with van der Waals surface area (Å²) in [6.45, 7) is 5.73. The van der Waals surface area contributed by atoms with Crippen molar-refractivity contribution in [3.8, 4) is 0 Å². The lowest BCUT2D eigenvalue weighted by atomic mass is 10.1. The van der Waals surface area contributed by atoms with Crippen LogP contribution in [0, 0.1) is 6.92 Å². The molecule has 0 fully saturated rings. The van der Waals surface area contributed by atoms with Gasteiger partial charge in [-0.25, -0.2) is 18.5 Å². The summed E-state index contributed by atoms with van der Waals surface area (Å²) in [4.78, 5) is 4.47. The van der Waals surface area contributed by atoms with Crippen LogP contribution < -0.4 is 15.8 Å². The predicted molar refractivity (Wildman–Crippen MR) is 91.2 cm³/mol. The van der Waals surface area contributed by atoms with Crippen LogP contribution in [-0.2, 0) is 16.6 Å². The minimum atomic E-state index is -3.46. The van der Waals surface area contributed by atoms with Crippen LogP contribution in [0.5, 0.6) is 0 Å². The number of benzene rings is 1. The molecule has 6 nitrogen and oxygen atoms in total. The summed E-state index contributed by atoms with van der Waals surface area (Å²) in [7, 11) is -3.46. The second kappa shape index (κ2) is 9.42. The van der Waals surface area contributed by atoms with E-state index in [-0.39, 0.29) is 12.3 Å². The van der Waals surface area contributed by atoms with Crippen molar-refractivity contribution in [1.82, 2.24) is 10.6 Å². The molecule has 0 aliphatic heterocycles. The zero-order valence-electron chi connectivity index (χ0n) is 13.3. The van der Waals surface area contributed by atoms with Gasteiger partial charge in [0.05, 0.1) is 12.3 Å². The highest BCUT2D eigenvalue weighted by Crippen LogP contribution is 2.04. The summed E-state index contributed by atoms with van der Waals surface area (Å²) in [6.07, 6.45) is 2.11. The Hall–Kier alpha value is -1.60. The number of guanidine groups is 1. The average molecular weight is 326 g/mol. The minimum absolute atomic E-state index is 0.119. The molecule has 1 aromatic rings. The lowest BCUT2D eigenvalue weighted by Crippen LogP contribution is -2.40. The molecule has 1 aromatic carbocycles. The molecule has 0 aromatic heterocycles. The number of sulfonamides is 1. The van der Waals surface area contributed by atoms with Crippen molar-refractivity contribution in [2.24, 2.45) is 10.1 Å². The topological polar surface area (TPSA) is 96.6 Å². The van der Waals surface area contributed by atoms with Crippen LogP contribution in [-0.4, -0.2) is 33.2 Å². The Morgan fingerprint density at radius 3 is 2.41 bits per heavy atom. The Morgan fingerprint density at radius 1 is 1.18 bits per heavy atom. The van der Waals surface area contributed by atoms with E-state index in [1.807, 2.05) is 31.2 Å². The van der Waals surface area contributed by atoms with Crippen LogP contribution in [0.3, 0.4) is 0 Å². The van der Waals surface area contributed by atoms with Crippen molar-refractivity contribution in [2.45, 2.75) is 33.2 Å². The van der Waals surface area contributed by atoms with Crippen molar-refractivity contribution in [3.63, 3.8) is 0 Å². The van der Waals surface area contributed by atoms with Gasteiger partial charge in [0.15, 0.2) is 5.96 Å². The first-order valence-corrected chi connectivity index (χ1v) is 9.20. The third-order valence-electron chi connectivity index (χ3n) is 3.04. The third kappa shape index (κ3) is 8.63. The molecule has 0 radical (unpaired) electrons. The molecule has 0 spiro atoms. The summed E-state index contributed by atoms with van der Waals surface area (Å²) >= 11 is 0. The van der Waals surface area contributed by atoms with E-state index in [1.165, 1.54) is 5.56 Å². The number of aryl methyl sites for hydroxylation is 1. The van der Waals surface area contributed by atoms with Crippen molar-refractivity contribution < 1.29 is 8.42 Å². The lowest BCUT2D eigenvalue weighted by Gasteiger charge is -2.12. The highest BCUT2D eigenvalue weighted by molar-refractivity contribution is 7.89. The molecule has 0 atom stereocenters. The van der Waals surface area contributed by atoms with Gasteiger partial charge in [-0.05, 0) is 18.9 Å². The molecule has 0 unspecified atom stereocenters. The van der Waals surface area contributed by atoms with Gasteiger partial charge < -0.3 is 10.6 Å². The first-order valence-electron chi connectivity index (χ1n) is 7.49. The second-order valence-electron chi connectivity index (χ2n) is 5.22. The molecule has 4 N–H and O–H groups in total. The molecule has 1 rings (SSSR count). The lowest BCUT2D eigenvalue weighted by molar-refractivity contribution is 0.596. The molecule has 0 saturated carbocycles. The van der Waals surface area contributed by atoms with E-state index in [1.54, 1.807) is 0 Å². The van der Waals surface area contributed by atoms with Crippen LogP contribution in [0.15, 0.2) is 29.3 Å². The number of aliphatic imine (C=N–C) groups is 1. The maximum Gasteiger partial charge on any atom is 0.210 e. The number of nitrogens with zero attached hydrogens (tertiary/aromatic N) is 1. The summed E-state index contributed by atoms with van der Waals surface area (Å²) in [6, 6.07) is 8.16. The highest BCUT2D eigenvalue weighted by Gasteiger charge is 2.04. The van der Waals surface area contributed by atoms with Gasteiger partial charge in [-0.1, -0.05) is 43.2 Å². The number of rotatable bonds is 8. The van der Waals surface area contributed by atoms with Crippen LogP contribution in [0.2, 0.25) is 0 Å². The van der Waals surface area contributed by atoms with Gasteiger partial charge in [-0.15, -0.1) is 0 Å². The first kappa shape index (κ1) is 18.4. The smallest absolute Gasteiger partial charge is 0.210 e. The number of nitrogens with two attached hydrogens (primary N) is 1. The Morgan fingerprint density at radius 2 is 1.82 bits per heavy atom. The Bertz CT molecular complexity index is 568. The van der Waals surface area contributed by atoms with Gasteiger partial charge in [0.25, 0.3) is 0 Å². The van der Waals surface area contributed by atoms with E-state index in [0.717, 1.165) is 24.9 Å². The summed E-state index contributed by atoms with van der Waals surface area (Å²) in [5.74, 6) is 0.490. The van der Waals surface area contributed by atoms with Gasteiger partial charge in [-0.2, -0.15) is 0 Å². The van der Waals surface area contributed by atoms with E-state index in [9.17, 15) is 8.42 Å². The van der Waals surface area contributed by atoms with Gasteiger partial charge in [0, 0.05) is 13.1 Å². The molecule has 0 saturated heterocycles. The third-order valence-corrected chi connectivity index (χ3v) is 3.82. The molecular weight excluding hydrogens is 300 g/mol. The quantitative estimate of drug-likeness (QED) is 0.379. The molecule has 0 amide bonds. The second-order valence-corrected chi connectivity index (χ2v) is 6.96. The van der Waals surface area contributed by atoms with Gasteiger partial charge in [0.1, 0.15) is 0 Å². The molecule has 0 bridgehead atoms. The monoisotopic (exact) mass is 326 g/mol. The average Bonchev–Trinajstić information content (AvgIpc) is 2.45. The highest BCUT2D eigenvalue weighted by atomic mass is 32.2. The van der Waals surface area contributed by atoms with Crippen LogP contribution in [0.25, 0.3) is 0 Å². The van der Waals surface area contributed by atoms with E-state index in [4.69, 9.17) is 5.14 Å². The number of hydrogen-bond acceptors (Lipinski definition) is 3. The largest absolute Gasteiger partial charge is 0.356 e. The molecule has 0 heterocycles. The van der Waals surface area contributed by atoms with E-state index >= 15 is 0 Å². The zero-order valence-corrected chi connectivity index (χ0v) is 14.1. The maximum atomic E-state index is 11.0. The predicted octanol–water partition coefficient (Wildman–Crippen LogP) is 1.12. The van der Waals surface area contributed by atoms with Gasteiger partial charge >= 0.3 is 0 Å². The number of primary sulfonamides is 1. The fourth-order valence-electron chi connectivity index (χ4n) is 1.73. The number of hydrogen-bond donors (Lipinski definition) is 3. The molecule has 0 aliphatic rings. The van der Waals surface area contributed by atoms with Crippen LogP contribution in [0.4, 0.5) is 0 Å². The number of unbranched alkanes of at least 4 members (excludes halogenated alkanes) is 1. The zero-order chi connectivity index (χ0) is 16.4.